The molecule has 0 radical (unpaired) electrons. The van der Waals surface area contributed by atoms with Crippen molar-refractivity contribution in [2.45, 2.75) is 39.8 Å². The lowest BCUT2D eigenvalue weighted by Crippen LogP contribution is -2.28. The van der Waals surface area contributed by atoms with Crippen LogP contribution in [0.4, 0.5) is 5.69 Å². The fourth-order valence-electron chi connectivity index (χ4n) is 3.46. The Labute approximate surface area is 184 Å². The van der Waals surface area contributed by atoms with Crippen molar-refractivity contribution in [3.63, 3.8) is 0 Å². The summed E-state index contributed by atoms with van der Waals surface area (Å²) in [4.78, 5) is 18.2. The van der Waals surface area contributed by atoms with Crippen molar-refractivity contribution in [2.75, 3.05) is 5.32 Å². The average molecular weight is 467 g/mol. The van der Waals surface area contributed by atoms with Crippen molar-refractivity contribution < 1.29 is 9.63 Å². The maximum Gasteiger partial charge on any atom is 0.268 e. The van der Waals surface area contributed by atoms with Crippen LogP contribution in [0.5, 0.6) is 0 Å². The lowest BCUT2D eigenvalue weighted by Gasteiger charge is -2.10. The first kappa shape index (κ1) is 20.3. The van der Waals surface area contributed by atoms with E-state index >= 15 is 0 Å². The maximum atomic E-state index is 12.8. The Morgan fingerprint density at radius 3 is 2.70 bits per heavy atom. The molecule has 1 atom stereocenters. The standard InChI is InChI=1S/C23H23BrN4O2/c1-14-7-9-17(10-8-14)13-28-16(3)22(15(2)26-28)25-23(29)21-12-20(27-30-21)18-5-4-6-19(24)11-18/h4-11,21H,12-13H2,1-3H3,(H,25,29). The quantitative estimate of drug-likeness (QED) is 0.589. The number of nitrogens with one attached hydrogen (secondary N) is 1. The molecule has 1 amide bonds. The maximum absolute atomic E-state index is 12.8. The lowest BCUT2D eigenvalue weighted by molar-refractivity contribution is -0.125. The van der Waals surface area contributed by atoms with Crippen LogP contribution in [-0.2, 0) is 16.2 Å². The first-order valence-electron chi connectivity index (χ1n) is 9.80. The largest absolute Gasteiger partial charge is 0.382 e. The third-order valence-electron chi connectivity index (χ3n) is 5.20. The first-order valence-corrected chi connectivity index (χ1v) is 10.6. The molecule has 1 aromatic heterocycles. The van der Waals surface area contributed by atoms with Gasteiger partial charge in [0.2, 0.25) is 6.10 Å². The number of benzene rings is 2. The zero-order valence-corrected chi connectivity index (χ0v) is 18.7. The summed E-state index contributed by atoms with van der Waals surface area (Å²) < 4.78 is 2.87. The van der Waals surface area contributed by atoms with E-state index in [4.69, 9.17) is 4.84 Å². The van der Waals surface area contributed by atoms with Crippen LogP contribution >= 0.6 is 15.9 Å². The molecule has 2 aromatic carbocycles. The van der Waals surface area contributed by atoms with Gasteiger partial charge in [-0.05, 0) is 38.5 Å². The van der Waals surface area contributed by atoms with E-state index in [1.54, 1.807) is 0 Å². The smallest absolute Gasteiger partial charge is 0.268 e. The minimum atomic E-state index is -0.654. The van der Waals surface area contributed by atoms with Crippen LogP contribution in [0.1, 0.15) is 34.5 Å². The Morgan fingerprint density at radius 1 is 1.20 bits per heavy atom. The predicted octanol–water partition coefficient (Wildman–Crippen LogP) is 4.75. The van der Waals surface area contributed by atoms with Crippen LogP contribution in [0.3, 0.4) is 0 Å². The van der Waals surface area contributed by atoms with E-state index in [2.05, 4.69) is 62.7 Å². The summed E-state index contributed by atoms with van der Waals surface area (Å²) >= 11 is 3.46. The van der Waals surface area contributed by atoms with Gasteiger partial charge in [0.1, 0.15) is 0 Å². The van der Waals surface area contributed by atoms with Gasteiger partial charge in [-0.2, -0.15) is 5.10 Å². The third-order valence-corrected chi connectivity index (χ3v) is 5.70. The highest BCUT2D eigenvalue weighted by Gasteiger charge is 2.30. The van der Waals surface area contributed by atoms with Crippen molar-refractivity contribution in [3.05, 3.63) is 81.1 Å². The molecule has 1 N–H and O–H groups in total. The van der Waals surface area contributed by atoms with Crippen molar-refractivity contribution in [1.29, 1.82) is 0 Å². The van der Waals surface area contributed by atoms with Crippen molar-refractivity contribution in [1.82, 2.24) is 9.78 Å². The van der Waals surface area contributed by atoms with E-state index in [0.29, 0.717) is 13.0 Å². The number of carbonyl (C=O) groups is 1. The molecule has 6 nitrogen and oxygen atoms in total. The number of aromatic nitrogens is 2. The van der Waals surface area contributed by atoms with Crippen LogP contribution in [0.15, 0.2) is 58.2 Å². The summed E-state index contributed by atoms with van der Waals surface area (Å²) in [5.41, 5.74) is 6.51. The molecule has 2 heterocycles. The molecule has 30 heavy (non-hydrogen) atoms. The van der Waals surface area contributed by atoms with E-state index in [1.165, 1.54) is 5.56 Å². The number of carbonyl (C=O) groups excluding carboxylic acids is 1. The molecule has 0 saturated heterocycles. The first-order chi connectivity index (χ1) is 14.4. The number of oxime groups is 1. The van der Waals surface area contributed by atoms with Gasteiger partial charge < -0.3 is 10.2 Å². The second kappa shape index (κ2) is 8.44. The minimum Gasteiger partial charge on any atom is -0.382 e. The van der Waals surface area contributed by atoms with Crippen molar-refractivity contribution >= 4 is 33.2 Å². The number of hydrogen-bond donors (Lipinski definition) is 1. The average Bonchev–Trinajstić information content (AvgIpc) is 3.31. The van der Waals surface area contributed by atoms with E-state index in [1.807, 2.05) is 42.8 Å². The number of halogens is 1. The van der Waals surface area contributed by atoms with Gasteiger partial charge in [-0.3, -0.25) is 9.48 Å². The number of hydrogen-bond acceptors (Lipinski definition) is 4. The van der Waals surface area contributed by atoms with Gasteiger partial charge in [-0.1, -0.05) is 63.0 Å². The van der Waals surface area contributed by atoms with Gasteiger partial charge in [0.25, 0.3) is 5.91 Å². The number of rotatable bonds is 5. The second-order valence-corrected chi connectivity index (χ2v) is 8.44. The van der Waals surface area contributed by atoms with Gasteiger partial charge in [-0.25, -0.2) is 0 Å². The molecule has 7 heteroatoms. The van der Waals surface area contributed by atoms with E-state index in [-0.39, 0.29) is 5.91 Å². The summed E-state index contributed by atoms with van der Waals surface area (Å²) in [6.07, 6.45) is -0.226. The zero-order chi connectivity index (χ0) is 21.3. The molecule has 1 unspecified atom stereocenters. The highest BCUT2D eigenvalue weighted by molar-refractivity contribution is 9.10. The summed E-state index contributed by atoms with van der Waals surface area (Å²) in [6, 6.07) is 16.2. The second-order valence-electron chi connectivity index (χ2n) is 7.52. The predicted molar refractivity (Wildman–Crippen MR) is 121 cm³/mol. The van der Waals surface area contributed by atoms with Crippen LogP contribution in [0.25, 0.3) is 0 Å². The molecule has 154 valence electrons. The summed E-state index contributed by atoms with van der Waals surface area (Å²) in [5, 5.41) is 11.7. The number of aryl methyl sites for hydroxylation is 2. The number of amides is 1. The van der Waals surface area contributed by atoms with Crippen LogP contribution in [0.2, 0.25) is 0 Å². The number of anilines is 1. The van der Waals surface area contributed by atoms with Gasteiger partial charge in [0.15, 0.2) is 0 Å². The van der Waals surface area contributed by atoms with Gasteiger partial charge in [-0.15, -0.1) is 0 Å². The molecule has 0 fully saturated rings. The molecule has 1 aliphatic rings. The highest BCUT2D eigenvalue weighted by atomic mass is 79.9. The molecule has 0 spiro atoms. The van der Waals surface area contributed by atoms with Crippen LogP contribution < -0.4 is 5.32 Å². The number of nitrogens with zero attached hydrogens (tertiary/aromatic N) is 3. The summed E-state index contributed by atoms with van der Waals surface area (Å²) in [6.45, 7) is 6.58. The highest BCUT2D eigenvalue weighted by Crippen LogP contribution is 2.24. The Bertz CT molecular complexity index is 1120. The normalized spacial score (nSPS) is 15.6. The Balaban J connectivity index is 1.44. The van der Waals surface area contributed by atoms with Gasteiger partial charge >= 0.3 is 0 Å². The summed E-state index contributed by atoms with van der Waals surface area (Å²) in [7, 11) is 0. The molecule has 1 aliphatic heterocycles. The Morgan fingerprint density at radius 2 is 1.97 bits per heavy atom. The monoisotopic (exact) mass is 466 g/mol. The fourth-order valence-corrected chi connectivity index (χ4v) is 3.86. The van der Waals surface area contributed by atoms with E-state index in [9.17, 15) is 4.79 Å². The molecular weight excluding hydrogens is 444 g/mol. The van der Waals surface area contributed by atoms with Crippen LogP contribution in [-0.4, -0.2) is 27.5 Å². The molecule has 0 bridgehead atoms. The molecule has 0 saturated carbocycles. The Hall–Kier alpha value is -2.93. The summed E-state index contributed by atoms with van der Waals surface area (Å²) in [5.74, 6) is -0.218. The molecule has 0 aliphatic carbocycles. The van der Waals surface area contributed by atoms with Gasteiger partial charge in [0.05, 0.1) is 29.3 Å². The topological polar surface area (TPSA) is 68.5 Å². The third kappa shape index (κ3) is 4.31. The van der Waals surface area contributed by atoms with Crippen LogP contribution in [0, 0.1) is 20.8 Å². The molecule has 3 aromatic rings. The lowest BCUT2D eigenvalue weighted by atomic mass is 10.0. The van der Waals surface area contributed by atoms with E-state index in [0.717, 1.165) is 38.4 Å². The van der Waals surface area contributed by atoms with Gasteiger partial charge in [0, 0.05) is 16.5 Å². The van der Waals surface area contributed by atoms with E-state index < -0.39 is 6.10 Å². The SMILES string of the molecule is Cc1ccc(Cn2nc(C)c(NC(=O)C3CC(c4cccc(Br)c4)=NO3)c2C)cc1. The Kier molecular flexibility index (Phi) is 5.72. The zero-order valence-electron chi connectivity index (χ0n) is 17.1. The molecule has 4 rings (SSSR count). The van der Waals surface area contributed by atoms with Crippen molar-refractivity contribution in [3.8, 4) is 0 Å². The fraction of sp³-hybridized carbons (Fsp3) is 0.261. The minimum absolute atomic E-state index is 0.218. The molecular formula is C23H23BrN4O2. The van der Waals surface area contributed by atoms with Crippen molar-refractivity contribution in [2.24, 2.45) is 5.16 Å².